The van der Waals surface area contributed by atoms with E-state index in [1.165, 1.54) is 0 Å². The quantitative estimate of drug-likeness (QED) is 0.632. The molecular weight excluding hydrogens is 406 g/mol. The molecule has 0 saturated heterocycles. The summed E-state index contributed by atoms with van der Waals surface area (Å²) in [5.41, 5.74) is 3.49. The van der Waals surface area contributed by atoms with Crippen LogP contribution < -0.4 is 11.0 Å². The summed E-state index contributed by atoms with van der Waals surface area (Å²) in [7, 11) is 3.96. The number of fused-ring (bicyclic) bond motifs is 1. The van der Waals surface area contributed by atoms with Crippen molar-refractivity contribution in [3.8, 4) is 5.69 Å². The highest BCUT2D eigenvalue weighted by Crippen LogP contribution is 2.15. The first kappa shape index (κ1) is 22.0. The second-order valence-electron chi connectivity index (χ2n) is 8.76. The number of aryl methyl sites for hydroxylation is 3. The Morgan fingerprint density at radius 3 is 2.56 bits per heavy atom. The first-order valence-electron chi connectivity index (χ1n) is 11.1. The molecular formula is C23H31N7O2. The van der Waals surface area contributed by atoms with Gasteiger partial charge < -0.3 is 10.2 Å². The fraction of sp³-hybridized carbons (Fsp3) is 0.478. The minimum Gasteiger partial charge on any atom is -0.349 e. The zero-order chi connectivity index (χ0) is 22.8. The maximum absolute atomic E-state index is 12.8. The van der Waals surface area contributed by atoms with Gasteiger partial charge in [-0.15, -0.1) is 0 Å². The molecule has 1 unspecified atom stereocenters. The summed E-state index contributed by atoms with van der Waals surface area (Å²) in [6, 6.07) is 9.50. The number of carbonyl (C=O) groups is 1. The van der Waals surface area contributed by atoms with Crippen molar-refractivity contribution in [1.82, 2.24) is 34.3 Å². The van der Waals surface area contributed by atoms with Crippen LogP contribution in [0.15, 0.2) is 35.1 Å². The first-order chi connectivity index (χ1) is 15.3. The zero-order valence-electron chi connectivity index (χ0n) is 19.2. The molecule has 0 saturated carbocycles. The standard InChI is InChI=1S/C23H31N7O2/c1-16-15-17(2)30(25-16)20-8-5-18(6-9-20)22(31)24-19-7-10-21-26-29(14-13-27(3)4)23(32)28(21)12-11-19/h5-6,8-9,15,19H,7,10-14H2,1-4H3,(H,24,31). The van der Waals surface area contributed by atoms with Gasteiger partial charge in [-0.2, -0.15) is 10.2 Å². The number of benzene rings is 1. The van der Waals surface area contributed by atoms with E-state index >= 15 is 0 Å². The zero-order valence-corrected chi connectivity index (χ0v) is 19.2. The van der Waals surface area contributed by atoms with Crippen molar-refractivity contribution in [3.05, 3.63) is 63.6 Å². The van der Waals surface area contributed by atoms with Gasteiger partial charge in [0.05, 0.1) is 17.9 Å². The Balaban J connectivity index is 1.38. The Bertz CT molecular complexity index is 1150. The smallest absolute Gasteiger partial charge is 0.345 e. The molecule has 1 aliphatic rings. The highest BCUT2D eigenvalue weighted by molar-refractivity contribution is 5.94. The lowest BCUT2D eigenvalue weighted by molar-refractivity contribution is 0.0933. The number of rotatable bonds is 6. The molecule has 9 nitrogen and oxygen atoms in total. The second-order valence-corrected chi connectivity index (χ2v) is 8.76. The molecule has 4 rings (SSSR count). The number of hydrogen-bond acceptors (Lipinski definition) is 5. The minimum atomic E-state index is -0.0992. The summed E-state index contributed by atoms with van der Waals surface area (Å²) < 4.78 is 5.18. The van der Waals surface area contributed by atoms with Crippen LogP contribution in [0.3, 0.4) is 0 Å². The summed E-state index contributed by atoms with van der Waals surface area (Å²) in [6.45, 7) is 5.89. The maximum atomic E-state index is 12.8. The van der Waals surface area contributed by atoms with Crippen LogP contribution in [0, 0.1) is 13.8 Å². The third-order valence-electron chi connectivity index (χ3n) is 5.89. The summed E-state index contributed by atoms with van der Waals surface area (Å²) in [4.78, 5) is 27.5. The molecule has 1 N–H and O–H groups in total. The fourth-order valence-electron chi connectivity index (χ4n) is 4.13. The molecule has 1 aromatic carbocycles. The fourth-order valence-corrected chi connectivity index (χ4v) is 4.13. The van der Waals surface area contributed by atoms with E-state index in [1.807, 2.05) is 67.9 Å². The predicted molar refractivity (Wildman–Crippen MR) is 122 cm³/mol. The van der Waals surface area contributed by atoms with E-state index in [0.717, 1.165) is 35.9 Å². The Morgan fingerprint density at radius 1 is 1.16 bits per heavy atom. The minimum absolute atomic E-state index is 0.00881. The van der Waals surface area contributed by atoms with Crippen molar-refractivity contribution in [2.24, 2.45) is 0 Å². The van der Waals surface area contributed by atoms with Crippen LogP contribution in [-0.2, 0) is 19.5 Å². The number of aromatic nitrogens is 5. The van der Waals surface area contributed by atoms with E-state index in [-0.39, 0.29) is 17.6 Å². The molecule has 32 heavy (non-hydrogen) atoms. The molecule has 1 amide bonds. The molecule has 3 aromatic rings. The van der Waals surface area contributed by atoms with Crippen LogP contribution in [0.2, 0.25) is 0 Å². The van der Waals surface area contributed by atoms with Crippen molar-refractivity contribution < 1.29 is 4.79 Å². The lowest BCUT2D eigenvalue weighted by atomic mass is 10.1. The molecule has 0 aliphatic carbocycles. The van der Waals surface area contributed by atoms with E-state index in [4.69, 9.17) is 0 Å². The number of nitrogens with zero attached hydrogens (tertiary/aromatic N) is 6. The summed E-state index contributed by atoms with van der Waals surface area (Å²) in [6.07, 6.45) is 2.15. The summed E-state index contributed by atoms with van der Waals surface area (Å²) in [5.74, 6) is 0.706. The van der Waals surface area contributed by atoms with Crippen LogP contribution in [0.25, 0.3) is 5.69 Å². The molecule has 0 radical (unpaired) electrons. The number of nitrogens with one attached hydrogen (secondary N) is 1. The summed E-state index contributed by atoms with van der Waals surface area (Å²) in [5, 5.41) is 12.1. The molecule has 1 atom stereocenters. The van der Waals surface area contributed by atoms with E-state index in [2.05, 4.69) is 15.5 Å². The van der Waals surface area contributed by atoms with E-state index in [1.54, 1.807) is 9.25 Å². The van der Waals surface area contributed by atoms with Gasteiger partial charge in [-0.3, -0.25) is 9.36 Å². The van der Waals surface area contributed by atoms with E-state index in [9.17, 15) is 9.59 Å². The topological polar surface area (TPSA) is 90.0 Å². The SMILES string of the molecule is Cc1cc(C)n(-c2ccc(C(=O)NC3CCc4nn(CCN(C)C)c(=O)n4CC3)cc2)n1. The van der Waals surface area contributed by atoms with Gasteiger partial charge in [0, 0.05) is 36.8 Å². The van der Waals surface area contributed by atoms with Gasteiger partial charge in [-0.25, -0.2) is 14.2 Å². The van der Waals surface area contributed by atoms with Crippen molar-refractivity contribution in [2.75, 3.05) is 20.6 Å². The average molecular weight is 438 g/mol. The monoisotopic (exact) mass is 437 g/mol. The Hall–Kier alpha value is -3.20. The molecule has 3 heterocycles. The maximum Gasteiger partial charge on any atom is 0.345 e. The molecule has 0 fully saturated rings. The largest absolute Gasteiger partial charge is 0.349 e. The number of likely N-dealkylation sites (N-methyl/N-ethyl adjacent to an activating group) is 1. The van der Waals surface area contributed by atoms with Crippen LogP contribution in [0.5, 0.6) is 0 Å². The highest BCUT2D eigenvalue weighted by atomic mass is 16.2. The highest BCUT2D eigenvalue weighted by Gasteiger charge is 2.22. The van der Waals surface area contributed by atoms with Crippen LogP contribution in [-0.4, -0.2) is 61.6 Å². The summed E-state index contributed by atoms with van der Waals surface area (Å²) >= 11 is 0. The van der Waals surface area contributed by atoms with Crippen molar-refractivity contribution in [2.45, 2.75) is 52.2 Å². The van der Waals surface area contributed by atoms with Crippen molar-refractivity contribution in [1.29, 1.82) is 0 Å². The number of amides is 1. The lowest BCUT2D eigenvalue weighted by Crippen LogP contribution is -2.36. The van der Waals surface area contributed by atoms with Crippen LogP contribution in [0.4, 0.5) is 0 Å². The molecule has 1 aliphatic heterocycles. The van der Waals surface area contributed by atoms with E-state index < -0.39 is 0 Å². The predicted octanol–water partition coefficient (Wildman–Crippen LogP) is 1.54. The van der Waals surface area contributed by atoms with Gasteiger partial charge in [0.2, 0.25) is 0 Å². The van der Waals surface area contributed by atoms with Crippen LogP contribution >= 0.6 is 0 Å². The normalized spacial score (nSPS) is 16.1. The Kier molecular flexibility index (Phi) is 6.27. The Labute approximate surface area is 187 Å². The van der Waals surface area contributed by atoms with E-state index in [0.29, 0.717) is 31.5 Å². The molecule has 0 spiro atoms. The second kappa shape index (κ2) is 9.12. The van der Waals surface area contributed by atoms with Gasteiger partial charge in [-0.1, -0.05) is 0 Å². The molecule has 9 heteroatoms. The van der Waals surface area contributed by atoms with Gasteiger partial charge in [0.15, 0.2) is 0 Å². The number of carbonyl (C=O) groups excluding carboxylic acids is 1. The average Bonchev–Trinajstić information content (AvgIpc) is 3.17. The van der Waals surface area contributed by atoms with Gasteiger partial charge in [-0.05, 0) is 71.1 Å². The third kappa shape index (κ3) is 4.67. The van der Waals surface area contributed by atoms with Gasteiger partial charge in [0.25, 0.3) is 5.91 Å². The van der Waals surface area contributed by atoms with Crippen LogP contribution in [0.1, 0.15) is 40.4 Å². The first-order valence-corrected chi connectivity index (χ1v) is 11.1. The molecule has 0 bridgehead atoms. The lowest BCUT2D eigenvalue weighted by Gasteiger charge is -2.16. The van der Waals surface area contributed by atoms with Crippen molar-refractivity contribution in [3.63, 3.8) is 0 Å². The molecule has 2 aromatic heterocycles. The Morgan fingerprint density at radius 2 is 1.91 bits per heavy atom. The van der Waals surface area contributed by atoms with Gasteiger partial charge >= 0.3 is 5.69 Å². The number of hydrogen-bond donors (Lipinski definition) is 1. The van der Waals surface area contributed by atoms with Gasteiger partial charge in [0.1, 0.15) is 5.82 Å². The van der Waals surface area contributed by atoms with Crippen molar-refractivity contribution >= 4 is 5.91 Å². The molecule has 170 valence electrons. The third-order valence-corrected chi connectivity index (χ3v) is 5.89.